The lowest BCUT2D eigenvalue weighted by Crippen LogP contribution is -2.21. The van der Waals surface area contributed by atoms with E-state index in [1.165, 1.54) is 50.5 Å². The average Bonchev–Trinajstić information content (AvgIpc) is 2.60. The third-order valence-corrected chi connectivity index (χ3v) is 7.14. The quantitative estimate of drug-likeness (QED) is 0.279. The van der Waals surface area contributed by atoms with E-state index in [2.05, 4.69) is 62.0 Å². The van der Waals surface area contributed by atoms with Crippen molar-refractivity contribution in [3.8, 4) is 0 Å². The van der Waals surface area contributed by atoms with Crippen molar-refractivity contribution in [1.82, 2.24) is 0 Å². The maximum absolute atomic E-state index is 4.41. The molecule has 0 aromatic heterocycles. The Morgan fingerprint density at radius 2 is 1.25 bits per heavy atom. The van der Waals surface area contributed by atoms with Crippen molar-refractivity contribution in [2.24, 2.45) is 35.5 Å². The molecule has 0 aliphatic heterocycles. The molecule has 0 heterocycles. The highest BCUT2D eigenvalue weighted by Gasteiger charge is 2.24. The molecular formula is C24H48. The van der Waals surface area contributed by atoms with Crippen molar-refractivity contribution in [2.45, 2.75) is 107 Å². The summed E-state index contributed by atoms with van der Waals surface area (Å²) in [5.41, 5.74) is 1.49. The van der Waals surface area contributed by atoms with Crippen LogP contribution in [0.15, 0.2) is 12.2 Å². The molecule has 0 N–H and O–H groups in total. The topological polar surface area (TPSA) is 0 Å². The van der Waals surface area contributed by atoms with Crippen LogP contribution in [0.2, 0.25) is 0 Å². The van der Waals surface area contributed by atoms with Crippen LogP contribution in [-0.2, 0) is 0 Å². The molecular weight excluding hydrogens is 288 g/mol. The van der Waals surface area contributed by atoms with Gasteiger partial charge < -0.3 is 0 Å². The molecule has 0 heteroatoms. The molecule has 0 aliphatic rings. The van der Waals surface area contributed by atoms with Crippen LogP contribution in [0.4, 0.5) is 0 Å². The third-order valence-electron chi connectivity index (χ3n) is 7.14. The van der Waals surface area contributed by atoms with Crippen LogP contribution in [0, 0.1) is 35.5 Å². The summed E-state index contributed by atoms with van der Waals surface area (Å²) in [6, 6.07) is 0. The van der Waals surface area contributed by atoms with Gasteiger partial charge in [-0.05, 0) is 48.3 Å². The van der Waals surface area contributed by atoms with Gasteiger partial charge >= 0.3 is 0 Å². The molecule has 0 saturated heterocycles. The first kappa shape index (κ1) is 23.7. The lowest BCUT2D eigenvalue weighted by Gasteiger charge is -2.31. The smallest absolute Gasteiger partial charge is 0.0178 e. The molecule has 0 amide bonds. The SMILES string of the molecule is C=C(CC)C(CCCC(C)C(C)C(C)CCCC)C(C)C(C)CC. The summed E-state index contributed by atoms with van der Waals surface area (Å²) in [7, 11) is 0. The minimum atomic E-state index is 0.727. The van der Waals surface area contributed by atoms with Crippen molar-refractivity contribution in [3.05, 3.63) is 12.2 Å². The zero-order valence-corrected chi connectivity index (χ0v) is 18.3. The largest absolute Gasteiger partial charge is 0.0996 e. The van der Waals surface area contributed by atoms with E-state index >= 15 is 0 Å². The normalized spacial score (nSPS) is 19.3. The Morgan fingerprint density at radius 1 is 0.708 bits per heavy atom. The summed E-state index contributed by atoms with van der Waals surface area (Å²) in [5.74, 6) is 4.90. The van der Waals surface area contributed by atoms with E-state index in [-0.39, 0.29) is 0 Å². The number of allylic oxidation sites excluding steroid dienone is 1. The maximum atomic E-state index is 4.41. The Bertz CT molecular complexity index is 316. The van der Waals surface area contributed by atoms with Gasteiger partial charge in [-0.1, -0.05) is 106 Å². The van der Waals surface area contributed by atoms with Crippen LogP contribution in [0.25, 0.3) is 0 Å². The zero-order chi connectivity index (χ0) is 18.7. The van der Waals surface area contributed by atoms with Crippen molar-refractivity contribution in [2.75, 3.05) is 0 Å². The molecule has 0 bridgehead atoms. The summed E-state index contributed by atoms with van der Waals surface area (Å²) < 4.78 is 0. The van der Waals surface area contributed by atoms with E-state index in [0.29, 0.717) is 0 Å². The summed E-state index contributed by atoms with van der Waals surface area (Å²) in [5, 5.41) is 0. The van der Waals surface area contributed by atoms with Gasteiger partial charge in [0, 0.05) is 0 Å². The maximum Gasteiger partial charge on any atom is -0.0178 e. The Hall–Kier alpha value is -0.260. The fourth-order valence-corrected chi connectivity index (χ4v) is 4.14. The molecule has 0 aliphatic carbocycles. The van der Waals surface area contributed by atoms with Gasteiger partial charge in [0.25, 0.3) is 0 Å². The highest BCUT2D eigenvalue weighted by Crippen LogP contribution is 2.35. The van der Waals surface area contributed by atoms with Gasteiger partial charge in [-0.2, -0.15) is 0 Å². The van der Waals surface area contributed by atoms with Gasteiger partial charge in [0.05, 0.1) is 0 Å². The lowest BCUT2D eigenvalue weighted by molar-refractivity contribution is 0.228. The number of hydrogen-bond acceptors (Lipinski definition) is 0. The highest BCUT2D eigenvalue weighted by atomic mass is 14.3. The molecule has 6 atom stereocenters. The highest BCUT2D eigenvalue weighted by molar-refractivity contribution is 5.02. The lowest BCUT2D eigenvalue weighted by atomic mass is 9.74. The van der Waals surface area contributed by atoms with Crippen LogP contribution < -0.4 is 0 Å². The summed E-state index contributed by atoms with van der Waals surface area (Å²) in [6.07, 6.45) is 10.7. The molecule has 0 aromatic carbocycles. The molecule has 0 spiro atoms. The van der Waals surface area contributed by atoms with Gasteiger partial charge in [-0.25, -0.2) is 0 Å². The van der Waals surface area contributed by atoms with Gasteiger partial charge in [-0.3, -0.25) is 0 Å². The summed E-state index contributed by atoms with van der Waals surface area (Å²) in [6.45, 7) is 23.6. The van der Waals surface area contributed by atoms with Crippen LogP contribution in [-0.4, -0.2) is 0 Å². The predicted octanol–water partition coefficient (Wildman–Crippen LogP) is 8.52. The Morgan fingerprint density at radius 3 is 1.71 bits per heavy atom. The van der Waals surface area contributed by atoms with Crippen molar-refractivity contribution >= 4 is 0 Å². The molecule has 24 heavy (non-hydrogen) atoms. The third kappa shape index (κ3) is 8.21. The standard InChI is InChI=1S/C24H48/c1-10-13-15-20(6)22(8)21(7)16-14-17-24(19(5)12-3)23(9)18(4)11-2/h18,20-24H,5,10-17H2,1-4,6-9H3. The van der Waals surface area contributed by atoms with Gasteiger partial charge in [0.15, 0.2) is 0 Å². The average molecular weight is 337 g/mol. The molecule has 0 fully saturated rings. The van der Waals surface area contributed by atoms with E-state index in [9.17, 15) is 0 Å². The Kier molecular flexibility index (Phi) is 12.9. The monoisotopic (exact) mass is 336 g/mol. The predicted molar refractivity (Wildman–Crippen MR) is 112 cm³/mol. The second-order valence-corrected chi connectivity index (χ2v) is 8.75. The first-order valence-electron chi connectivity index (χ1n) is 11.0. The van der Waals surface area contributed by atoms with Crippen molar-refractivity contribution in [3.63, 3.8) is 0 Å². The van der Waals surface area contributed by atoms with Gasteiger partial charge in [-0.15, -0.1) is 0 Å². The molecule has 0 rings (SSSR count). The molecule has 0 saturated carbocycles. The van der Waals surface area contributed by atoms with Crippen molar-refractivity contribution in [1.29, 1.82) is 0 Å². The van der Waals surface area contributed by atoms with E-state index in [1.54, 1.807) is 0 Å². The van der Waals surface area contributed by atoms with E-state index in [1.807, 2.05) is 0 Å². The van der Waals surface area contributed by atoms with E-state index in [0.717, 1.165) is 41.9 Å². The van der Waals surface area contributed by atoms with E-state index in [4.69, 9.17) is 0 Å². The zero-order valence-electron chi connectivity index (χ0n) is 18.3. The van der Waals surface area contributed by atoms with E-state index < -0.39 is 0 Å². The number of rotatable bonds is 14. The first-order chi connectivity index (χ1) is 11.3. The van der Waals surface area contributed by atoms with Crippen LogP contribution in [0.3, 0.4) is 0 Å². The molecule has 0 radical (unpaired) electrons. The minimum absolute atomic E-state index is 0.727. The second-order valence-electron chi connectivity index (χ2n) is 8.75. The Balaban J connectivity index is 4.47. The molecule has 6 unspecified atom stereocenters. The summed E-state index contributed by atoms with van der Waals surface area (Å²) in [4.78, 5) is 0. The second kappa shape index (κ2) is 13.0. The minimum Gasteiger partial charge on any atom is -0.0996 e. The van der Waals surface area contributed by atoms with Gasteiger partial charge in [0.2, 0.25) is 0 Å². The van der Waals surface area contributed by atoms with Crippen LogP contribution in [0.5, 0.6) is 0 Å². The van der Waals surface area contributed by atoms with Gasteiger partial charge in [0.1, 0.15) is 0 Å². The molecule has 144 valence electrons. The number of hydrogen-bond donors (Lipinski definition) is 0. The first-order valence-corrected chi connectivity index (χ1v) is 11.0. The number of unbranched alkanes of at least 4 members (excludes halogenated alkanes) is 1. The summed E-state index contributed by atoms with van der Waals surface area (Å²) >= 11 is 0. The van der Waals surface area contributed by atoms with Crippen LogP contribution >= 0.6 is 0 Å². The van der Waals surface area contributed by atoms with Crippen LogP contribution in [0.1, 0.15) is 107 Å². The Labute approximate surface area is 154 Å². The van der Waals surface area contributed by atoms with Crippen molar-refractivity contribution < 1.29 is 0 Å². The fraction of sp³-hybridized carbons (Fsp3) is 0.917. The molecule has 0 aromatic rings. The molecule has 0 nitrogen and oxygen atoms in total. The fourth-order valence-electron chi connectivity index (χ4n) is 4.14.